The molecule has 1 amide bonds. The Morgan fingerprint density at radius 1 is 1.46 bits per heavy atom. The average molecular weight is 211 g/mol. The molecule has 0 saturated heterocycles. The zero-order valence-corrected chi connectivity index (χ0v) is 9.70. The highest BCUT2D eigenvalue weighted by molar-refractivity contribution is 5.85. The zero-order valence-electron chi connectivity index (χ0n) is 8.88. The standard InChI is InChI=1S/C8H18N2O2.ClH/c1-6-10(9-5)7(11)12-8(2,3)4;/h9H,6H2,1-5H3;1H. The molecule has 13 heavy (non-hydrogen) atoms. The van der Waals surface area contributed by atoms with Crippen LogP contribution in [0.4, 0.5) is 4.79 Å². The number of hydrazine groups is 1. The summed E-state index contributed by atoms with van der Waals surface area (Å²) in [6.07, 6.45) is -0.340. The predicted octanol–water partition coefficient (Wildman–Crippen LogP) is 1.80. The third kappa shape index (κ3) is 6.66. The first-order valence-corrected chi connectivity index (χ1v) is 4.08. The van der Waals surface area contributed by atoms with Crippen LogP contribution in [0.2, 0.25) is 0 Å². The fraction of sp³-hybridized carbons (Fsp3) is 0.875. The van der Waals surface area contributed by atoms with Gasteiger partial charge < -0.3 is 4.74 Å². The largest absolute Gasteiger partial charge is 0.443 e. The van der Waals surface area contributed by atoms with Crippen LogP contribution in [0.5, 0.6) is 0 Å². The van der Waals surface area contributed by atoms with E-state index in [1.54, 1.807) is 7.05 Å². The summed E-state index contributed by atoms with van der Waals surface area (Å²) >= 11 is 0. The summed E-state index contributed by atoms with van der Waals surface area (Å²) in [6.45, 7) is 7.99. The first-order valence-electron chi connectivity index (χ1n) is 4.08. The van der Waals surface area contributed by atoms with Crippen molar-refractivity contribution in [3.63, 3.8) is 0 Å². The molecule has 4 nitrogen and oxygen atoms in total. The Bertz CT molecular complexity index is 153. The van der Waals surface area contributed by atoms with Gasteiger partial charge in [0.15, 0.2) is 0 Å². The van der Waals surface area contributed by atoms with Crippen molar-refractivity contribution < 1.29 is 9.53 Å². The van der Waals surface area contributed by atoms with Crippen molar-refractivity contribution in [2.45, 2.75) is 33.3 Å². The summed E-state index contributed by atoms with van der Waals surface area (Å²) in [5.41, 5.74) is 2.30. The van der Waals surface area contributed by atoms with Crippen LogP contribution >= 0.6 is 12.4 Å². The number of hydrogen-bond acceptors (Lipinski definition) is 3. The minimum Gasteiger partial charge on any atom is -0.443 e. The highest BCUT2D eigenvalue weighted by Crippen LogP contribution is 2.08. The first-order chi connectivity index (χ1) is 5.40. The number of amides is 1. The Kier molecular flexibility index (Phi) is 6.98. The molecule has 0 radical (unpaired) electrons. The third-order valence-corrected chi connectivity index (χ3v) is 1.20. The molecule has 0 aromatic rings. The van der Waals surface area contributed by atoms with Gasteiger partial charge in [-0.2, -0.15) is 0 Å². The Morgan fingerprint density at radius 3 is 2.15 bits per heavy atom. The highest BCUT2D eigenvalue weighted by Gasteiger charge is 2.19. The van der Waals surface area contributed by atoms with Gasteiger partial charge in [0, 0.05) is 13.6 Å². The van der Waals surface area contributed by atoms with Gasteiger partial charge in [-0.1, -0.05) is 0 Å². The van der Waals surface area contributed by atoms with Gasteiger partial charge in [0.05, 0.1) is 0 Å². The molecular formula is C8H19ClN2O2. The Balaban J connectivity index is 0. The number of nitrogens with zero attached hydrogens (tertiary/aromatic N) is 1. The lowest BCUT2D eigenvalue weighted by molar-refractivity contribution is 0.0173. The monoisotopic (exact) mass is 210 g/mol. The molecule has 0 saturated carbocycles. The maximum atomic E-state index is 11.3. The molecule has 0 unspecified atom stereocenters. The van der Waals surface area contributed by atoms with E-state index in [2.05, 4.69) is 5.43 Å². The summed E-state index contributed by atoms with van der Waals surface area (Å²) in [5.74, 6) is 0. The summed E-state index contributed by atoms with van der Waals surface area (Å²) < 4.78 is 5.11. The molecule has 1 N–H and O–H groups in total. The van der Waals surface area contributed by atoms with E-state index >= 15 is 0 Å². The van der Waals surface area contributed by atoms with Gasteiger partial charge in [0.1, 0.15) is 5.60 Å². The van der Waals surface area contributed by atoms with Gasteiger partial charge in [-0.3, -0.25) is 0 Å². The second kappa shape index (κ2) is 6.05. The minimum absolute atomic E-state index is 0. The van der Waals surface area contributed by atoms with Crippen LogP contribution in [0.15, 0.2) is 0 Å². The van der Waals surface area contributed by atoms with Crippen LogP contribution < -0.4 is 5.43 Å². The van der Waals surface area contributed by atoms with E-state index in [0.717, 1.165) is 0 Å². The maximum Gasteiger partial charge on any atom is 0.424 e. The van der Waals surface area contributed by atoms with Crippen molar-refractivity contribution in [1.82, 2.24) is 10.4 Å². The van der Waals surface area contributed by atoms with Crippen molar-refractivity contribution in [2.24, 2.45) is 0 Å². The van der Waals surface area contributed by atoms with Crippen molar-refractivity contribution in [3.05, 3.63) is 0 Å². The summed E-state index contributed by atoms with van der Waals surface area (Å²) in [7, 11) is 1.69. The second-order valence-electron chi connectivity index (χ2n) is 3.45. The number of rotatable bonds is 2. The quantitative estimate of drug-likeness (QED) is 0.707. The molecule has 5 heteroatoms. The molecule has 0 aliphatic heterocycles. The number of ether oxygens (including phenoxy) is 1. The van der Waals surface area contributed by atoms with Crippen molar-refractivity contribution >= 4 is 18.5 Å². The van der Waals surface area contributed by atoms with E-state index in [9.17, 15) is 4.79 Å². The van der Waals surface area contributed by atoms with E-state index in [1.165, 1.54) is 5.01 Å². The summed E-state index contributed by atoms with van der Waals surface area (Å²) in [4.78, 5) is 11.3. The van der Waals surface area contributed by atoms with Gasteiger partial charge >= 0.3 is 6.09 Å². The van der Waals surface area contributed by atoms with Crippen molar-refractivity contribution in [1.29, 1.82) is 0 Å². The molecule has 0 bridgehead atoms. The van der Waals surface area contributed by atoms with Gasteiger partial charge in [-0.05, 0) is 27.7 Å². The molecule has 0 aromatic carbocycles. The van der Waals surface area contributed by atoms with Crippen LogP contribution in [-0.2, 0) is 4.74 Å². The van der Waals surface area contributed by atoms with Gasteiger partial charge in [0.25, 0.3) is 0 Å². The predicted molar refractivity (Wildman–Crippen MR) is 54.9 cm³/mol. The van der Waals surface area contributed by atoms with E-state index in [1.807, 2.05) is 27.7 Å². The smallest absolute Gasteiger partial charge is 0.424 e. The normalized spacial score (nSPS) is 10.2. The van der Waals surface area contributed by atoms with Gasteiger partial charge in [0.2, 0.25) is 0 Å². The molecule has 0 aliphatic rings. The zero-order chi connectivity index (χ0) is 9.78. The number of carbonyl (C=O) groups excluding carboxylic acids is 1. The van der Waals surface area contributed by atoms with E-state index < -0.39 is 5.60 Å². The van der Waals surface area contributed by atoms with Crippen LogP contribution in [0.25, 0.3) is 0 Å². The summed E-state index contributed by atoms with van der Waals surface area (Å²) in [6, 6.07) is 0. The van der Waals surface area contributed by atoms with Gasteiger partial charge in [-0.15, -0.1) is 12.4 Å². The fourth-order valence-corrected chi connectivity index (χ4v) is 0.696. The Labute approximate surface area is 86.0 Å². The number of halogens is 1. The second-order valence-corrected chi connectivity index (χ2v) is 3.45. The lowest BCUT2D eigenvalue weighted by Crippen LogP contribution is -2.43. The average Bonchev–Trinajstić information content (AvgIpc) is 1.85. The number of carbonyl (C=O) groups is 1. The first kappa shape index (κ1) is 15.0. The molecule has 80 valence electrons. The molecule has 0 aliphatic carbocycles. The SMILES string of the molecule is CCN(NC)C(=O)OC(C)(C)C.Cl. The summed E-state index contributed by atoms with van der Waals surface area (Å²) in [5, 5.41) is 1.41. The van der Waals surface area contributed by atoms with Crippen molar-refractivity contribution in [2.75, 3.05) is 13.6 Å². The lowest BCUT2D eigenvalue weighted by atomic mass is 10.2. The topological polar surface area (TPSA) is 41.6 Å². The fourth-order valence-electron chi connectivity index (χ4n) is 0.696. The number of nitrogens with one attached hydrogen (secondary N) is 1. The van der Waals surface area contributed by atoms with Gasteiger partial charge in [-0.25, -0.2) is 15.2 Å². The van der Waals surface area contributed by atoms with Crippen molar-refractivity contribution in [3.8, 4) is 0 Å². The van der Waals surface area contributed by atoms with Crippen LogP contribution in [0, 0.1) is 0 Å². The third-order valence-electron chi connectivity index (χ3n) is 1.20. The van der Waals surface area contributed by atoms with E-state index in [0.29, 0.717) is 6.54 Å². The molecule has 0 rings (SSSR count). The molecule has 0 aromatic heterocycles. The molecular weight excluding hydrogens is 192 g/mol. The van der Waals surface area contributed by atoms with Crippen LogP contribution in [-0.4, -0.2) is 30.3 Å². The lowest BCUT2D eigenvalue weighted by Gasteiger charge is -2.25. The molecule has 0 atom stereocenters. The molecule has 0 spiro atoms. The Hall–Kier alpha value is -0.480. The maximum absolute atomic E-state index is 11.3. The molecule has 0 heterocycles. The van der Waals surface area contributed by atoms with E-state index in [4.69, 9.17) is 4.74 Å². The van der Waals surface area contributed by atoms with Crippen LogP contribution in [0.1, 0.15) is 27.7 Å². The Morgan fingerprint density at radius 2 is 1.92 bits per heavy atom. The number of hydrogen-bond donors (Lipinski definition) is 1. The van der Waals surface area contributed by atoms with Crippen LogP contribution in [0.3, 0.4) is 0 Å². The minimum atomic E-state index is -0.429. The highest BCUT2D eigenvalue weighted by atomic mass is 35.5. The molecule has 0 fully saturated rings. The van der Waals surface area contributed by atoms with E-state index in [-0.39, 0.29) is 18.5 Å².